The van der Waals surface area contributed by atoms with Crippen LogP contribution in [-0.4, -0.2) is 33.0 Å². The maximum absolute atomic E-state index is 11.9. The standard InChI is InChI=1S/C20H26O5/c1-5-6-11-9-13(21)16-15-12(10(2)3)7-8-20(4,24)18(15)25-17(16)14(11)19(22)23/h9,12,15,18,21,24H,2,5-8H2,1,3-4H3,(H,22,23)/t12-,15+,18-,20-/m0/s1. The molecule has 1 aromatic rings. The molecule has 5 nitrogen and oxygen atoms in total. The van der Waals surface area contributed by atoms with E-state index in [1.165, 1.54) is 0 Å². The van der Waals surface area contributed by atoms with Crippen LogP contribution >= 0.6 is 0 Å². The highest BCUT2D eigenvalue weighted by Gasteiger charge is 2.54. The average molecular weight is 346 g/mol. The van der Waals surface area contributed by atoms with Gasteiger partial charge in [0.2, 0.25) is 0 Å². The first-order chi connectivity index (χ1) is 11.7. The summed E-state index contributed by atoms with van der Waals surface area (Å²) < 4.78 is 6.03. The molecule has 0 radical (unpaired) electrons. The van der Waals surface area contributed by atoms with E-state index in [1.807, 2.05) is 13.8 Å². The summed E-state index contributed by atoms with van der Waals surface area (Å²) in [6.07, 6.45) is 1.99. The van der Waals surface area contributed by atoms with E-state index in [0.717, 1.165) is 18.4 Å². The lowest BCUT2D eigenvalue weighted by atomic mass is 9.66. The number of hydrogen-bond acceptors (Lipinski definition) is 4. The van der Waals surface area contributed by atoms with Gasteiger partial charge in [-0.3, -0.25) is 0 Å². The largest absolute Gasteiger partial charge is 0.508 e. The number of fused-ring (bicyclic) bond motifs is 3. The van der Waals surface area contributed by atoms with Gasteiger partial charge in [-0.1, -0.05) is 25.5 Å². The number of aliphatic hydroxyl groups is 1. The molecule has 3 N–H and O–H groups in total. The van der Waals surface area contributed by atoms with Crippen molar-refractivity contribution in [1.29, 1.82) is 0 Å². The maximum Gasteiger partial charge on any atom is 0.339 e. The Morgan fingerprint density at radius 1 is 1.48 bits per heavy atom. The Bertz CT molecular complexity index is 734. The third-order valence-electron chi connectivity index (χ3n) is 5.66. The molecule has 2 aliphatic rings. The molecule has 25 heavy (non-hydrogen) atoms. The minimum atomic E-state index is -1.08. The summed E-state index contributed by atoms with van der Waals surface area (Å²) in [5.74, 6) is -1.04. The van der Waals surface area contributed by atoms with Gasteiger partial charge in [-0.15, -0.1) is 0 Å². The van der Waals surface area contributed by atoms with E-state index in [-0.39, 0.29) is 28.9 Å². The van der Waals surface area contributed by atoms with Crippen molar-refractivity contribution in [2.45, 2.75) is 64.1 Å². The van der Waals surface area contributed by atoms with E-state index in [2.05, 4.69) is 6.58 Å². The number of aromatic hydroxyl groups is 1. The van der Waals surface area contributed by atoms with Crippen LogP contribution in [0.1, 0.15) is 67.4 Å². The van der Waals surface area contributed by atoms with Gasteiger partial charge in [0.05, 0.1) is 5.60 Å². The summed E-state index contributed by atoms with van der Waals surface area (Å²) in [4.78, 5) is 11.9. The summed E-state index contributed by atoms with van der Waals surface area (Å²) in [6.45, 7) is 9.66. The van der Waals surface area contributed by atoms with Crippen LogP contribution < -0.4 is 4.74 Å². The Labute approximate surface area is 147 Å². The number of phenols is 1. The normalized spacial score (nSPS) is 30.3. The molecular formula is C20H26O5. The molecule has 0 unspecified atom stereocenters. The topological polar surface area (TPSA) is 87.0 Å². The lowest BCUT2D eigenvalue weighted by Crippen LogP contribution is -2.50. The minimum absolute atomic E-state index is 0.0380. The van der Waals surface area contributed by atoms with Gasteiger partial charge >= 0.3 is 5.97 Å². The number of benzene rings is 1. The highest BCUT2D eigenvalue weighted by molar-refractivity contribution is 5.94. The molecule has 3 rings (SSSR count). The summed E-state index contributed by atoms with van der Waals surface area (Å²) in [7, 11) is 0. The van der Waals surface area contributed by atoms with Crippen molar-refractivity contribution in [1.82, 2.24) is 0 Å². The number of phenolic OH excluding ortho intramolecular Hbond substituents is 1. The Balaban J connectivity index is 2.23. The van der Waals surface area contributed by atoms with E-state index >= 15 is 0 Å². The van der Waals surface area contributed by atoms with Crippen LogP contribution in [-0.2, 0) is 6.42 Å². The van der Waals surface area contributed by atoms with Crippen molar-refractivity contribution in [3.05, 3.63) is 34.9 Å². The van der Waals surface area contributed by atoms with Crippen LogP contribution in [0.25, 0.3) is 0 Å². The van der Waals surface area contributed by atoms with E-state index in [9.17, 15) is 20.1 Å². The second-order valence-corrected chi connectivity index (χ2v) is 7.64. The first-order valence-electron chi connectivity index (χ1n) is 8.85. The molecule has 1 aliphatic heterocycles. The molecule has 0 aromatic heterocycles. The fourth-order valence-electron chi connectivity index (χ4n) is 4.46. The molecule has 0 bridgehead atoms. The third kappa shape index (κ3) is 2.71. The SMILES string of the molecule is C=C(C)[C@@H]1CC[C@](C)(O)[C@H]2Oc3c(C(=O)O)c(CCC)cc(O)c3[C@@H]12. The number of hydrogen-bond donors (Lipinski definition) is 3. The van der Waals surface area contributed by atoms with Gasteiger partial charge in [-0.25, -0.2) is 4.79 Å². The van der Waals surface area contributed by atoms with Crippen LogP contribution in [0.2, 0.25) is 0 Å². The molecule has 1 heterocycles. The first-order valence-corrected chi connectivity index (χ1v) is 8.85. The van der Waals surface area contributed by atoms with Crippen molar-refractivity contribution in [3.63, 3.8) is 0 Å². The van der Waals surface area contributed by atoms with E-state index in [1.54, 1.807) is 13.0 Å². The van der Waals surface area contributed by atoms with Crippen molar-refractivity contribution < 1.29 is 24.9 Å². The highest BCUT2D eigenvalue weighted by atomic mass is 16.5. The number of ether oxygens (including phenoxy) is 1. The van der Waals surface area contributed by atoms with E-state index in [0.29, 0.717) is 24.0 Å². The van der Waals surface area contributed by atoms with Crippen LogP contribution in [0.15, 0.2) is 18.2 Å². The molecule has 0 spiro atoms. The molecule has 0 amide bonds. The van der Waals surface area contributed by atoms with Gasteiger partial charge in [-0.05, 0) is 50.7 Å². The smallest absolute Gasteiger partial charge is 0.339 e. The average Bonchev–Trinajstić information content (AvgIpc) is 2.88. The summed E-state index contributed by atoms with van der Waals surface area (Å²) >= 11 is 0. The Morgan fingerprint density at radius 2 is 2.16 bits per heavy atom. The molecule has 0 saturated heterocycles. The van der Waals surface area contributed by atoms with Gasteiger partial charge in [-0.2, -0.15) is 0 Å². The molecular weight excluding hydrogens is 320 g/mol. The summed E-state index contributed by atoms with van der Waals surface area (Å²) in [5, 5.41) is 31.2. The predicted molar refractivity (Wildman–Crippen MR) is 94.4 cm³/mol. The molecule has 1 saturated carbocycles. The highest BCUT2D eigenvalue weighted by Crippen LogP contribution is 2.57. The van der Waals surface area contributed by atoms with Crippen LogP contribution in [0, 0.1) is 5.92 Å². The quantitative estimate of drug-likeness (QED) is 0.725. The second-order valence-electron chi connectivity index (χ2n) is 7.64. The number of aromatic carboxylic acids is 1. The van der Waals surface area contributed by atoms with Crippen LogP contribution in [0.5, 0.6) is 11.5 Å². The Morgan fingerprint density at radius 3 is 2.72 bits per heavy atom. The molecule has 5 heteroatoms. The number of rotatable bonds is 4. The van der Waals surface area contributed by atoms with Gasteiger partial charge in [0.25, 0.3) is 0 Å². The monoisotopic (exact) mass is 346 g/mol. The van der Waals surface area contributed by atoms with Crippen LogP contribution in [0.3, 0.4) is 0 Å². The fraction of sp³-hybridized carbons (Fsp3) is 0.550. The fourth-order valence-corrected chi connectivity index (χ4v) is 4.46. The zero-order valence-electron chi connectivity index (χ0n) is 15.0. The number of allylic oxidation sites excluding steroid dienone is 1. The second kappa shape index (κ2) is 6.06. The molecule has 1 aromatic carbocycles. The minimum Gasteiger partial charge on any atom is -0.508 e. The molecule has 136 valence electrons. The molecule has 1 aliphatic carbocycles. The number of aryl methyl sites for hydroxylation is 1. The van der Waals surface area contributed by atoms with Gasteiger partial charge in [0.1, 0.15) is 23.2 Å². The predicted octanol–water partition coefficient (Wildman–Crippen LogP) is 3.62. The number of carboxylic acid groups (broad SMARTS) is 1. The first kappa shape index (κ1) is 17.8. The Kier molecular flexibility index (Phi) is 4.31. The van der Waals surface area contributed by atoms with E-state index in [4.69, 9.17) is 4.74 Å². The summed E-state index contributed by atoms with van der Waals surface area (Å²) in [6, 6.07) is 1.55. The van der Waals surface area contributed by atoms with Crippen molar-refractivity contribution in [2.75, 3.05) is 0 Å². The van der Waals surface area contributed by atoms with Crippen molar-refractivity contribution >= 4 is 5.97 Å². The number of carbonyl (C=O) groups is 1. The van der Waals surface area contributed by atoms with Crippen molar-refractivity contribution in [3.8, 4) is 11.5 Å². The maximum atomic E-state index is 11.9. The molecule has 1 fully saturated rings. The lowest BCUT2D eigenvalue weighted by molar-refractivity contribution is -0.0826. The zero-order valence-corrected chi connectivity index (χ0v) is 15.0. The zero-order chi connectivity index (χ0) is 18.5. The van der Waals surface area contributed by atoms with Crippen LogP contribution in [0.4, 0.5) is 0 Å². The molecule has 4 atom stereocenters. The van der Waals surface area contributed by atoms with Crippen molar-refractivity contribution in [2.24, 2.45) is 5.92 Å². The third-order valence-corrected chi connectivity index (χ3v) is 5.66. The van der Waals surface area contributed by atoms with Gasteiger partial charge in [0, 0.05) is 11.5 Å². The van der Waals surface area contributed by atoms with Gasteiger partial charge in [0.15, 0.2) is 0 Å². The van der Waals surface area contributed by atoms with Gasteiger partial charge < -0.3 is 20.1 Å². The number of carboxylic acids is 1. The lowest BCUT2D eigenvalue weighted by Gasteiger charge is -2.42. The summed E-state index contributed by atoms with van der Waals surface area (Å²) in [5.41, 5.74) is 1.06. The Hall–Kier alpha value is -2.01. The van der Waals surface area contributed by atoms with E-state index < -0.39 is 17.7 Å².